The Morgan fingerprint density at radius 2 is 1.67 bits per heavy atom. The molecular weight excluding hydrogens is 340 g/mol. The minimum Gasteiger partial charge on any atom is -0.492 e. The maximum Gasteiger partial charge on any atom is 0.244 e. The highest BCUT2D eigenvalue weighted by molar-refractivity contribution is 6.02. The molecule has 0 bridgehead atoms. The average Bonchev–Trinajstić information content (AvgIpc) is 2.60. The van der Waals surface area contributed by atoms with Crippen molar-refractivity contribution < 1.29 is 14.3 Å². The van der Waals surface area contributed by atoms with Gasteiger partial charge in [0.25, 0.3) is 0 Å². The van der Waals surface area contributed by atoms with Gasteiger partial charge >= 0.3 is 0 Å². The van der Waals surface area contributed by atoms with E-state index in [0.29, 0.717) is 23.7 Å². The highest BCUT2D eigenvalue weighted by atomic mass is 16.5. The van der Waals surface area contributed by atoms with Crippen LogP contribution >= 0.6 is 0 Å². The number of benzene rings is 2. The van der Waals surface area contributed by atoms with Crippen LogP contribution in [0.4, 0.5) is 11.4 Å². The lowest BCUT2D eigenvalue weighted by molar-refractivity contribution is -0.120. The van der Waals surface area contributed by atoms with Gasteiger partial charge in [-0.1, -0.05) is 45.0 Å². The van der Waals surface area contributed by atoms with E-state index < -0.39 is 0 Å². The van der Waals surface area contributed by atoms with Crippen LogP contribution in [0.25, 0.3) is 0 Å². The molecule has 5 heteroatoms. The van der Waals surface area contributed by atoms with E-state index in [1.54, 1.807) is 12.1 Å². The molecule has 27 heavy (non-hydrogen) atoms. The molecule has 0 spiro atoms. The van der Waals surface area contributed by atoms with E-state index >= 15 is 0 Å². The highest BCUT2D eigenvalue weighted by Gasteiger charge is 2.20. The van der Waals surface area contributed by atoms with Crippen LogP contribution in [0, 0.1) is 0 Å². The number of hydrogen-bond donors (Lipinski definition) is 1. The molecule has 2 aromatic carbocycles. The summed E-state index contributed by atoms with van der Waals surface area (Å²) in [5.41, 5.74) is 2.54. The molecule has 0 aliphatic heterocycles. The van der Waals surface area contributed by atoms with Crippen LogP contribution < -0.4 is 15.0 Å². The van der Waals surface area contributed by atoms with E-state index in [9.17, 15) is 9.59 Å². The van der Waals surface area contributed by atoms with Crippen molar-refractivity contribution in [2.75, 3.05) is 23.4 Å². The normalized spacial score (nSPS) is 11.0. The Morgan fingerprint density at radius 3 is 2.22 bits per heavy atom. The largest absolute Gasteiger partial charge is 0.492 e. The van der Waals surface area contributed by atoms with Gasteiger partial charge in [-0.25, -0.2) is 0 Å². The molecule has 5 nitrogen and oxygen atoms in total. The first-order chi connectivity index (χ1) is 12.7. The van der Waals surface area contributed by atoms with Crippen molar-refractivity contribution in [1.82, 2.24) is 0 Å². The molecule has 0 heterocycles. The van der Waals surface area contributed by atoms with Crippen LogP contribution in [0.5, 0.6) is 5.75 Å². The Labute approximate surface area is 161 Å². The van der Waals surface area contributed by atoms with Crippen molar-refractivity contribution in [2.45, 2.75) is 40.0 Å². The molecule has 0 aliphatic rings. The standard InChI is InChI=1S/C22H28N2O3/c1-6-27-20-10-8-7-9-19(20)24(16(2)25)15-21(26)23-18-13-11-17(12-14-18)22(3,4)5/h7-14H,6,15H2,1-5H3,(H,23,26). The molecule has 1 N–H and O–H groups in total. The summed E-state index contributed by atoms with van der Waals surface area (Å²) in [5.74, 6) is 0.0953. The van der Waals surface area contributed by atoms with Gasteiger partial charge in [0.2, 0.25) is 11.8 Å². The monoisotopic (exact) mass is 368 g/mol. The van der Waals surface area contributed by atoms with Crippen LogP contribution in [0.1, 0.15) is 40.2 Å². The average molecular weight is 368 g/mol. The molecular formula is C22H28N2O3. The predicted molar refractivity (Wildman–Crippen MR) is 109 cm³/mol. The van der Waals surface area contributed by atoms with Crippen LogP contribution in [0.3, 0.4) is 0 Å². The van der Waals surface area contributed by atoms with Gasteiger partial charge in [-0.3, -0.25) is 14.5 Å². The number of ether oxygens (including phenoxy) is 1. The predicted octanol–water partition coefficient (Wildman–Crippen LogP) is 4.37. The number of nitrogens with one attached hydrogen (secondary N) is 1. The number of para-hydroxylation sites is 2. The summed E-state index contributed by atoms with van der Waals surface area (Å²) in [6.07, 6.45) is 0. The molecule has 0 atom stereocenters. The van der Waals surface area contributed by atoms with E-state index in [0.717, 1.165) is 0 Å². The summed E-state index contributed by atoms with van der Waals surface area (Å²) in [4.78, 5) is 26.1. The number of anilines is 2. The Balaban J connectivity index is 2.13. The summed E-state index contributed by atoms with van der Waals surface area (Å²) in [5, 5.41) is 2.85. The number of amides is 2. The molecule has 0 radical (unpaired) electrons. The van der Waals surface area contributed by atoms with Crippen molar-refractivity contribution in [3.8, 4) is 5.75 Å². The second kappa shape index (κ2) is 8.71. The second-order valence-corrected chi connectivity index (χ2v) is 7.38. The van der Waals surface area contributed by atoms with Gasteiger partial charge in [-0.15, -0.1) is 0 Å². The van der Waals surface area contributed by atoms with Crippen molar-refractivity contribution in [3.63, 3.8) is 0 Å². The number of carbonyl (C=O) groups is 2. The molecule has 2 amide bonds. The summed E-state index contributed by atoms with van der Waals surface area (Å²) in [6, 6.07) is 15.0. The lowest BCUT2D eigenvalue weighted by atomic mass is 9.87. The van der Waals surface area contributed by atoms with E-state index in [1.807, 2.05) is 43.3 Å². The first kappa shape index (κ1) is 20.5. The summed E-state index contributed by atoms with van der Waals surface area (Å²) >= 11 is 0. The molecule has 0 aromatic heterocycles. The first-order valence-electron chi connectivity index (χ1n) is 9.12. The maximum absolute atomic E-state index is 12.5. The molecule has 0 unspecified atom stereocenters. The quantitative estimate of drug-likeness (QED) is 0.823. The van der Waals surface area contributed by atoms with Gasteiger partial charge < -0.3 is 10.1 Å². The molecule has 2 aromatic rings. The lowest BCUT2D eigenvalue weighted by Crippen LogP contribution is -2.37. The zero-order valence-electron chi connectivity index (χ0n) is 16.7. The summed E-state index contributed by atoms with van der Waals surface area (Å²) in [6.45, 7) is 10.1. The van der Waals surface area contributed by atoms with Crippen LogP contribution in [-0.2, 0) is 15.0 Å². The van der Waals surface area contributed by atoms with Crippen LogP contribution in [0.15, 0.2) is 48.5 Å². The van der Waals surface area contributed by atoms with Crippen molar-refractivity contribution in [3.05, 3.63) is 54.1 Å². The molecule has 0 saturated carbocycles. The fraction of sp³-hybridized carbons (Fsp3) is 0.364. The molecule has 0 fully saturated rings. The third-order valence-electron chi connectivity index (χ3n) is 4.17. The van der Waals surface area contributed by atoms with E-state index in [4.69, 9.17) is 4.74 Å². The van der Waals surface area contributed by atoms with Gasteiger partial charge in [0.15, 0.2) is 0 Å². The maximum atomic E-state index is 12.5. The van der Waals surface area contributed by atoms with Crippen LogP contribution in [-0.4, -0.2) is 25.0 Å². The highest BCUT2D eigenvalue weighted by Crippen LogP contribution is 2.28. The number of rotatable bonds is 6. The van der Waals surface area contributed by atoms with Crippen molar-refractivity contribution >= 4 is 23.2 Å². The van der Waals surface area contributed by atoms with Crippen LogP contribution in [0.2, 0.25) is 0 Å². The third kappa shape index (κ3) is 5.58. The lowest BCUT2D eigenvalue weighted by Gasteiger charge is -2.23. The SMILES string of the molecule is CCOc1ccccc1N(CC(=O)Nc1ccc(C(C)(C)C)cc1)C(C)=O. The van der Waals surface area contributed by atoms with Gasteiger partial charge in [0.1, 0.15) is 12.3 Å². The van der Waals surface area contributed by atoms with Gasteiger partial charge in [0, 0.05) is 12.6 Å². The Kier molecular flexibility index (Phi) is 6.61. The fourth-order valence-corrected chi connectivity index (χ4v) is 2.72. The molecule has 0 saturated heterocycles. The van der Waals surface area contributed by atoms with Gasteiger partial charge in [0.05, 0.1) is 12.3 Å². The molecule has 144 valence electrons. The second-order valence-electron chi connectivity index (χ2n) is 7.38. The Bertz CT molecular complexity index is 792. The van der Waals surface area contributed by atoms with Gasteiger partial charge in [-0.2, -0.15) is 0 Å². The van der Waals surface area contributed by atoms with E-state index in [2.05, 4.69) is 26.1 Å². The molecule has 0 aliphatic carbocycles. The minimum atomic E-state index is -0.264. The zero-order valence-corrected chi connectivity index (χ0v) is 16.7. The first-order valence-corrected chi connectivity index (χ1v) is 9.12. The fourth-order valence-electron chi connectivity index (χ4n) is 2.72. The van der Waals surface area contributed by atoms with Crippen molar-refractivity contribution in [1.29, 1.82) is 0 Å². The Morgan fingerprint density at radius 1 is 1.04 bits per heavy atom. The van der Waals surface area contributed by atoms with Gasteiger partial charge in [-0.05, 0) is 42.2 Å². The number of nitrogens with zero attached hydrogens (tertiary/aromatic N) is 1. The van der Waals surface area contributed by atoms with E-state index in [1.165, 1.54) is 17.4 Å². The topological polar surface area (TPSA) is 58.6 Å². The number of carbonyl (C=O) groups excluding carboxylic acids is 2. The summed E-state index contributed by atoms with van der Waals surface area (Å²) < 4.78 is 5.59. The summed E-state index contributed by atoms with van der Waals surface area (Å²) in [7, 11) is 0. The van der Waals surface area contributed by atoms with Crippen molar-refractivity contribution in [2.24, 2.45) is 0 Å². The smallest absolute Gasteiger partial charge is 0.244 e. The zero-order chi connectivity index (χ0) is 20.0. The van der Waals surface area contributed by atoms with E-state index in [-0.39, 0.29) is 23.8 Å². The molecule has 2 rings (SSSR count). The number of hydrogen-bond acceptors (Lipinski definition) is 3. The third-order valence-corrected chi connectivity index (χ3v) is 4.17. The minimum absolute atomic E-state index is 0.0525. The Hall–Kier alpha value is -2.82.